The number of thioether (sulfide) groups is 1. The molecule has 0 unspecified atom stereocenters. The first-order valence-corrected chi connectivity index (χ1v) is 5.74. The van der Waals surface area contributed by atoms with Crippen LogP contribution in [0.15, 0.2) is 6.20 Å². The molecular weight excluding hydrogens is 190 g/mol. The van der Waals surface area contributed by atoms with Gasteiger partial charge in [-0.25, -0.2) is 4.98 Å². The van der Waals surface area contributed by atoms with E-state index in [1.807, 2.05) is 11.8 Å². The second kappa shape index (κ2) is 4.62. The number of hydrogen-bond acceptors (Lipinski definition) is 4. The SMILES string of the molecule is CCSCc1ncc(C(C)=O)s1. The van der Waals surface area contributed by atoms with E-state index in [2.05, 4.69) is 11.9 Å². The summed E-state index contributed by atoms with van der Waals surface area (Å²) in [5.41, 5.74) is 0. The lowest BCUT2D eigenvalue weighted by atomic mass is 10.4. The molecule has 0 fully saturated rings. The summed E-state index contributed by atoms with van der Waals surface area (Å²) < 4.78 is 0. The highest BCUT2D eigenvalue weighted by atomic mass is 32.2. The zero-order valence-corrected chi connectivity index (χ0v) is 8.80. The van der Waals surface area contributed by atoms with Crippen LogP contribution in [0.4, 0.5) is 0 Å². The van der Waals surface area contributed by atoms with Crippen LogP contribution in [0.2, 0.25) is 0 Å². The second-order valence-electron chi connectivity index (χ2n) is 2.31. The summed E-state index contributed by atoms with van der Waals surface area (Å²) >= 11 is 3.32. The standard InChI is InChI=1S/C8H11NOS2/c1-3-11-5-8-9-4-7(12-8)6(2)10/h4H,3,5H2,1-2H3. The van der Waals surface area contributed by atoms with Crippen molar-refractivity contribution in [2.24, 2.45) is 0 Å². The van der Waals surface area contributed by atoms with Crippen LogP contribution in [-0.4, -0.2) is 16.5 Å². The third-order valence-corrected chi connectivity index (χ3v) is 3.50. The van der Waals surface area contributed by atoms with Gasteiger partial charge >= 0.3 is 0 Å². The predicted octanol–water partition coefficient (Wildman–Crippen LogP) is 2.60. The van der Waals surface area contributed by atoms with Crippen LogP contribution in [0.1, 0.15) is 28.5 Å². The Morgan fingerprint density at radius 1 is 1.75 bits per heavy atom. The summed E-state index contributed by atoms with van der Waals surface area (Å²) in [6, 6.07) is 0. The minimum Gasteiger partial charge on any atom is -0.294 e. The van der Waals surface area contributed by atoms with Crippen LogP contribution in [-0.2, 0) is 5.75 Å². The number of carbonyl (C=O) groups is 1. The van der Waals surface area contributed by atoms with Crippen molar-refractivity contribution in [1.29, 1.82) is 0 Å². The molecule has 0 spiro atoms. The third kappa shape index (κ3) is 2.60. The van der Waals surface area contributed by atoms with Gasteiger partial charge in [0.1, 0.15) is 5.01 Å². The van der Waals surface area contributed by atoms with Crippen molar-refractivity contribution >= 4 is 28.9 Å². The molecular formula is C8H11NOS2. The first-order chi connectivity index (χ1) is 5.74. The van der Waals surface area contributed by atoms with E-state index in [4.69, 9.17) is 0 Å². The van der Waals surface area contributed by atoms with Crippen molar-refractivity contribution in [3.05, 3.63) is 16.1 Å². The number of ketones is 1. The molecule has 4 heteroatoms. The van der Waals surface area contributed by atoms with Crippen molar-refractivity contribution < 1.29 is 4.79 Å². The van der Waals surface area contributed by atoms with Crippen LogP contribution in [0.5, 0.6) is 0 Å². The molecule has 0 aliphatic carbocycles. The number of rotatable bonds is 4. The average molecular weight is 201 g/mol. The van der Waals surface area contributed by atoms with E-state index in [0.29, 0.717) is 0 Å². The Morgan fingerprint density at radius 2 is 2.50 bits per heavy atom. The fourth-order valence-electron chi connectivity index (χ4n) is 0.729. The van der Waals surface area contributed by atoms with Gasteiger partial charge in [0.25, 0.3) is 0 Å². The lowest BCUT2D eigenvalue weighted by molar-refractivity contribution is 0.102. The highest BCUT2D eigenvalue weighted by Gasteiger charge is 2.04. The van der Waals surface area contributed by atoms with E-state index >= 15 is 0 Å². The smallest absolute Gasteiger partial charge is 0.171 e. The van der Waals surface area contributed by atoms with Gasteiger partial charge in [0.15, 0.2) is 5.78 Å². The number of hydrogen-bond donors (Lipinski definition) is 0. The van der Waals surface area contributed by atoms with Gasteiger partial charge in [-0.15, -0.1) is 11.3 Å². The molecule has 1 rings (SSSR count). The molecule has 1 aromatic heterocycles. The summed E-state index contributed by atoms with van der Waals surface area (Å²) in [5, 5.41) is 1.05. The van der Waals surface area contributed by atoms with Gasteiger partial charge in [0, 0.05) is 18.9 Å². The lowest BCUT2D eigenvalue weighted by Gasteiger charge is -1.90. The molecule has 0 amide bonds. The molecule has 2 nitrogen and oxygen atoms in total. The van der Waals surface area contributed by atoms with Crippen molar-refractivity contribution in [3.8, 4) is 0 Å². The normalized spacial score (nSPS) is 10.2. The van der Waals surface area contributed by atoms with E-state index in [-0.39, 0.29) is 5.78 Å². The maximum absolute atomic E-state index is 10.9. The maximum Gasteiger partial charge on any atom is 0.171 e. The minimum absolute atomic E-state index is 0.111. The fraction of sp³-hybridized carbons (Fsp3) is 0.500. The highest BCUT2D eigenvalue weighted by Crippen LogP contribution is 2.18. The van der Waals surface area contributed by atoms with Gasteiger partial charge in [-0.3, -0.25) is 4.79 Å². The number of Topliss-reactive ketones (excluding diaryl/α,β-unsaturated/α-hetero) is 1. The van der Waals surface area contributed by atoms with Gasteiger partial charge in [-0.2, -0.15) is 11.8 Å². The van der Waals surface area contributed by atoms with Crippen LogP contribution < -0.4 is 0 Å². The first-order valence-electron chi connectivity index (χ1n) is 3.77. The highest BCUT2D eigenvalue weighted by molar-refractivity contribution is 7.98. The Morgan fingerprint density at radius 3 is 3.00 bits per heavy atom. The second-order valence-corrected chi connectivity index (χ2v) is 4.70. The van der Waals surface area contributed by atoms with Crippen LogP contribution in [0.25, 0.3) is 0 Å². The Bertz CT molecular complexity index is 270. The van der Waals surface area contributed by atoms with E-state index in [9.17, 15) is 4.79 Å². The van der Waals surface area contributed by atoms with Gasteiger partial charge in [-0.1, -0.05) is 6.92 Å². The Kier molecular flexibility index (Phi) is 3.75. The lowest BCUT2D eigenvalue weighted by Crippen LogP contribution is -1.83. The number of carbonyl (C=O) groups excluding carboxylic acids is 1. The van der Waals surface area contributed by atoms with Crippen LogP contribution in [0, 0.1) is 0 Å². The van der Waals surface area contributed by atoms with E-state index in [0.717, 1.165) is 21.4 Å². The van der Waals surface area contributed by atoms with Gasteiger partial charge in [0.2, 0.25) is 0 Å². The number of thiazole rings is 1. The zero-order valence-electron chi connectivity index (χ0n) is 7.16. The van der Waals surface area contributed by atoms with Gasteiger partial charge in [0.05, 0.1) is 4.88 Å². The quantitative estimate of drug-likeness (QED) is 0.701. The number of aromatic nitrogens is 1. The Balaban J connectivity index is 2.58. The average Bonchev–Trinajstić information content (AvgIpc) is 2.48. The minimum atomic E-state index is 0.111. The molecule has 0 aliphatic heterocycles. The van der Waals surface area contributed by atoms with Crippen molar-refractivity contribution in [3.63, 3.8) is 0 Å². The van der Waals surface area contributed by atoms with Crippen molar-refractivity contribution in [2.45, 2.75) is 19.6 Å². The molecule has 12 heavy (non-hydrogen) atoms. The summed E-state index contributed by atoms with van der Waals surface area (Å²) in [7, 11) is 0. The molecule has 0 N–H and O–H groups in total. The molecule has 66 valence electrons. The van der Waals surface area contributed by atoms with Crippen molar-refractivity contribution in [1.82, 2.24) is 4.98 Å². The largest absolute Gasteiger partial charge is 0.294 e. The summed E-state index contributed by atoms with van der Waals surface area (Å²) in [6.07, 6.45) is 1.67. The Hall–Kier alpha value is -0.350. The zero-order chi connectivity index (χ0) is 8.97. The Labute approximate surface area is 80.4 Å². The predicted molar refractivity (Wildman–Crippen MR) is 54.0 cm³/mol. The van der Waals surface area contributed by atoms with E-state index < -0.39 is 0 Å². The van der Waals surface area contributed by atoms with Crippen LogP contribution in [0.3, 0.4) is 0 Å². The molecule has 0 radical (unpaired) electrons. The van der Waals surface area contributed by atoms with Crippen LogP contribution >= 0.6 is 23.1 Å². The summed E-state index contributed by atoms with van der Waals surface area (Å²) in [4.78, 5) is 15.8. The topological polar surface area (TPSA) is 30.0 Å². The van der Waals surface area contributed by atoms with Crippen molar-refractivity contribution in [2.75, 3.05) is 5.75 Å². The first kappa shape index (κ1) is 9.74. The number of nitrogens with zero attached hydrogens (tertiary/aromatic N) is 1. The summed E-state index contributed by atoms with van der Waals surface area (Å²) in [5.74, 6) is 2.13. The molecule has 0 saturated carbocycles. The van der Waals surface area contributed by atoms with E-state index in [1.54, 1.807) is 13.1 Å². The fourth-order valence-corrected chi connectivity index (χ4v) is 2.28. The third-order valence-electron chi connectivity index (χ3n) is 1.33. The van der Waals surface area contributed by atoms with Gasteiger partial charge in [-0.05, 0) is 5.75 Å². The molecule has 0 bridgehead atoms. The molecule has 0 aliphatic rings. The molecule has 0 saturated heterocycles. The maximum atomic E-state index is 10.9. The summed E-state index contributed by atoms with van der Waals surface area (Å²) in [6.45, 7) is 3.69. The monoisotopic (exact) mass is 201 g/mol. The van der Waals surface area contributed by atoms with Gasteiger partial charge < -0.3 is 0 Å². The molecule has 1 heterocycles. The van der Waals surface area contributed by atoms with E-state index in [1.165, 1.54) is 11.3 Å². The molecule has 0 atom stereocenters. The molecule has 0 aromatic carbocycles. The molecule has 1 aromatic rings.